The van der Waals surface area contributed by atoms with Crippen LogP contribution in [0.5, 0.6) is 5.75 Å². The highest BCUT2D eigenvalue weighted by Gasteiger charge is 2.42. The molecule has 6 rings (SSSR count). The number of nitrogens with one attached hydrogen (secondary N) is 4. The van der Waals surface area contributed by atoms with Crippen LogP contribution < -0.4 is 30.3 Å². The predicted octanol–water partition coefficient (Wildman–Crippen LogP) is 7.04. The van der Waals surface area contributed by atoms with E-state index in [0.29, 0.717) is 33.7 Å². The smallest absolute Gasteiger partial charge is 0.315 e. The number of unbranched alkanes of at least 4 members (excludes halogenated alkanes) is 4. The van der Waals surface area contributed by atoms with E-state index in [4.69, 9.17) is 16.3 Å². The number of halogens is 3. The molecule has 0 radical (unpaired) electrons. The van der Waals surface area contributed by atoms with Crippen LogP contribution in [-0.4, -0.2) is 94.7 Å². The Bertz CT molecular complexity index is 1810. The molecule has 1 aromatic heterocycles. The Morgan fingerprint density at radius 1 is 1.00 bits per heavy atom. The minimum absolute atomic E-state index is 0. The molecule has 53 heavy (non-hydrogen) atoms. The van der Waals surface area contributed by atoms with E-state index >= 15 is 0 Å². The van der Waals surface area contributed by atoms with Gasteiger partial charge < -0.3 is 25.6 Å². The van der Waals surface area contributed by atoms with Crippen molar-refractivity contribution in [2.75, 3.05) is 61.8 Å². The molecule has 3 fully saturated rings. The fourth-order valence-electron chi connectivity index (χ4n) is 7.25. The van der Waals surface area contributed by atoms with Crippen molar-refractivity contribution in [1.82, 2.24) is 20.9 Å². The van der Waals surface area contributed by atoms with Crippen molar-refractivity contribution in [2.45, 2.75) is 79.8 Å². The zero-order valence-corrected chi connectivity index (χ0v) is 35.0. The molecule has 3 aromatic rings. The molecule has 0 saturated carbocycles. The number of rotatable bonds is 17. The Morgan fingerprint density at radius 3 is 2.55 bits per heavy atom. The molecule has 4 N–H and O–H groups in total. The zero-order valence-electron chi connectivity index (χ0n) is 30.2. The molecule has 0 aliphatic carbocycles. The number of aryl methyl sites for hydroxylation is 1. The number of nitrogens with zero attached hydrogens (tertiary/aromatic N) is 2. The number of carbonyl (C=O) groups excluding carboxylic acids is 2. The first-order valence-corrected chi connectivity index (χ1v) is 21.7. The molecule has 17 heteroatoms. The van der Waals surface area contributed by atoms with Gasteiger partial charge in [-0.05, 0) is 86.5 Å². The van der Waals surface area contributed by atoms with Crippen molar-refractivity contribution in [3.63, 3.8) is 0 Å². The lowest BCUT2D eigenvalue weighted by Gasteiger charge is -2.36. The summed E-state index contributed by atoms with van der Waals surface area (Å²) in [5.74, 6) is 1.82. The van der Waals surface area contributed by atoms with Crippen LogP contribution in [-0.2, 0) is 14.8 Å². The highest BCUT2D eigenvalue weighted by Crippen LogP contribution is 2.38. The minimum Gasteiger partial charge on any atom is -0.495 e. The largest absolute Gasteiger partial charge is 0.495 e. The maximum atomic E-state index is 13.5. The fraction of sp³-hybridized carbons (Fsp3) is 0.556. The van der Waals surface area contributed by atoms with Crippen molar-refractivity contribution in [1.29, 1.82) is 0 Å². The normalized spacial score (nSPS) is 19.9. The summed E-state index contributed by atoms with van der Waals surface area (Å²) >= 11 is 9.33. The number of urea groups is 1. The van der Waals surface area contributed by atoms with Gasteiger partial charge in [0.05, 0.1) is 30.6 Å². The van der Waals surface area contributed by atoms with E-state index in [2.05, 4.69) is 30.5 Å². The first-order valence-electron chi connectivity index (χ1n) is 17.9. The Morgan fingerprint density at radius 2 is 1.77 bits per heavy atom. The topological polar surface area (TPSA) is 132 Å². The molecule has 3 aliphatic heterocycles. The summed E-state index contributed by atoms with van der Waals surface area (Å²) < 4.78 is 36.6. The van der Waals surface area contributed by atoms with Crippen molar-refractivity contribution in [2.24, 2.45) is 0 Å². The first-order chi connectivity index (χ1) is 24.6. The van der Waals surface area contributed by atoms with Crippen LogP contribution in [0.25, 0.3) is 10.1 Å². The number of fused-ring (bicyclic) bond motifs is 2. The number of piperazine rings is 1. The second-order valence-corrected chi connectivity index (χ2v) is 18.2. The van der Waals surface area contributed by atoms with Crippen molar-refractivity contribution in [3.05, 3.63) is 47.0 Å². The van der Waals surface area contributed by atoms with Gasteiger partial charge in [0.25, 0.3) is 10.0 Å². The number of thiophene rings is 1. The van der Waals surface area contributed by atoms with Gasteiger partial charge in [0.1, 0.15) is 9.96 Å². The van der Waals surface area contributed by atoms with Crippen molar-refractivity contribution >= 4 is 103 Å². The lowest BCUT2D eigenvalue weighted by Crippen LogP contribution is -2.46. The van der Waals surface area contributed by atoms with E-state index in [1.807, 2.05) is 43.0 Å². The number of hydrogen-bond acceptors (Lipinski definition) is 9. The number of anilines is 2. The van der Waals surface area contributed by atoms with Gasteiger partial charge in [0.2, 0.25) is 5.91 Å². The molecular formula is C36H51Cl3N6O5S3. The Labute approximate surface area is 338 Å². The van der Waals surface area contributed by atoms with Crippen molar-refractivity contribution < 1.29 is 22.7 Å². The number of amides is 3. The molecule has 3 atom stereocenters. The summed E-state index contributed by atoms with van der Waals surface area (Å²) in [5.41, 5.74) is 2.06. The minimum atomic E-state index is -3.80. The summed E-state index contributed by atoms with van der Waals surface area (Å²) in [7, 11) is -2.17. The molecule has 0 spiro atoms. The molecule has 3 saturated heterocycles. The van der Waals surface area contributed by atoms with Crippen LogP contribution >= 0.6 is 59.5 Å². The van der Waals surface area contributed by atoms with Crippen LogP contribution in [0.3, 0.4) is 0 Å². The van der Waals surface area contributed by atoms with Gasteiger partial charge in [-0.15, -0.1) is 36.2 Å². The third kappa shape index (κ3) is 11.1. The van der Waals surface area contributed by atoms with Gasteiger partial charge in [-0.1, -0.05) is 30.9 Å². The number of benzene rings is 2. The standard InChI is InChI=1S/C36H49ClN6O5S3.2ClH/c1-24-27-21-25(37)11-14-31(27)50-35(24)51(46,47)41-26-12-13-30(48-2)29(22-26)43-19-17-42(18-20-43)16-8-4-3-7-15-38-33(44)10-6-5-9-32-34-28(23-49-32)39-36(45)40-34;;/h11-14,21-22,28,32,34,41H,3-10,15-20,23H2,1-2H3,(H,38,44)(H2,39,40,45);2*1H/t28-,32-,34-;;/m0../s1. The van der Waals surface area contributed by atoms with E-state index in [1.54, 1.807) is 19.2 Å². The maximum Gasteiger partial charge on any atom is 0.315 e. The number of carbonyl (C=O) groups is 2. The van der Waals surface area contributed by atoms with Gasteiger partial charge in [-0.2, -0.15) is 11.8 Å². The van der Waals surface area contributed by atoms with Crippen LogP contribution in [0.1, 0.15) is 56.9 Å². The van der Waals surface area contributed by atoms with Crippen LogP contribution in [0, 0.1) is 6.92 Å². The molecule has 3 amide bonds. The number of hydrogen-bond donors (Lipinski definition) is 4. The number of thioether (sulfide) groups is 1. The summed E-state index contributed by atoms with van der Waals surface area (Å²) in [6.07, 6.45) is 7.82. The SMILES string of the molecule is COc1ccc(NS(=O)(=O)c2sc3ccc(Cl)cc3c2C)cc1N1CCN(CCCCCCNC(=O)CCCC[C@@H]2SC[C@@H]3NC(=O)N[C@@H]32)CC1.Cl.Cl. The molecule has 0 bridgehead atoms. The van der Waals surface area contributed by atoms with E-state index in [0.717, 1.165) is 106 Å². The third-order valence-electron chi connectivity index (χ3n) is 10.0. The second kappa shape index (κ2) is 20.0. The monoisotopic (exact) mass is 848 g/mol. The summed E-state index contributed by atoms with van der Waals surface area (Å²) in [4.78, 5) is 28.6. The predicted molar refractivity (Wildman–Crippen MR) is 224 cm³/mol. The average molecular weight is 850 g/mol. The fourth-order valence-corrected chi connectivity index (χ4v) is 11.8. The summed E-state index contributed by atoms with van der Waals surface area (Å²) in [6.45, 7) is 7.07. The highest BCUT2D eigenvalue weighted by atomic mass is 35.5. The van der Waals surface area contributed by atoms with Crippen LogP contribution in [0.4, 0.5) is 16.2 Å². The lowest BCUT2D eigenvalue weighted by molar-refractivity contribution is -0.121. The highest BCUT2D eigenvalue weighted by molar-refractivity contribution is 8.00. The quantitative estimate of drug-likeness (QED) is 0.0841. The van der Waals surface area contributed by atoms with E-state index in [1.165, 1.54) is 11.3 Å². The third-order valence-corrected chi connectivity index (χ3v) is 15.1. The van der Waals surface area contributed by atoms with Gasteiger partial charge in [-0.3, -0.25) is 14.4 Å². The van der Waals surface area contributed by atoms with Crippen molar-refractivity contribution in [3.8, 4) is 5.75 Å². The molecule has 2 aromatic carbocycles. The molecular weight excluding hydrogens is 799 g/mol. The number of methoxy groups -OCH3 is 1. The molecule has 4 heterocycles. The summed E-state index contributed by atoms with van der Waals surface area (Å²) in [6, 6.07) is 11.3. The number of sulfonamides is 1. The Balaban J connectivity index is 0.00000314. The molecule has 3 aliphatic rings. The van der Waals surface area contributed by atoms with Gasteiger partial charge in [-0.25, -0.2) is 13.2 Å². The Kier molecular flexibility index (Phi) is 16.4. The van der Waals surface area contributed by atoms with E-state index < -0.39 is 10.0 Å². The van der Waals surface area contributed by atoms with Gasteiger partial charge >= 0.3 is 6.03 Å². The van der Waals surface area contributed by atoms with Gasteiger partial charge in [0, 0.05) is 59.9 Å². The molecule has 0 unspecified atom stereocenters. The van der Waals surface area contributed by atoms with E-state index in [-0.39, 0.29) is 53.0 Å². The maximum absolute atomic E-state index is 13.5. The summed E-state index contributed by atoms with van der Waals surface area (Å²) in [5, 5.41) is 11.0. The average Bonchev–Trinajstić information content (AvgIpc) is 3.78. The number of ether oxygens (including phenoxy) is 1. The van der Waals surface area contributed by atoms with Crippen LogP contribution in [0.15, 0.2) is 40.6 Å². The Hall–Kier alpha value is -2.33. The molecule has 11 nitrogen and oxygen atoms in total. The molecule has 294 valence electrons. The van der Waals surface area contributed by atoms with Crippen LogP contribution in [0.2, 0.25) is 5.02 Å². The van der Waals surface area contributed by atoms with E-state index in [9.17, 15) is 18.0 Å². The lowest BCUT2D eigenvalue weighted by atomic mass is 10.0. The zero-order chi connectivity index (χ0) is 36.0. The second-order valence-electron chi connectivity index (χ2n) is 13.6. The van der Waals surface area contributed by atoms with Gasteiger partial charge in [0.15, 0.2) is 0 Å². The first kappa shape index (κ1) is 43.4.